The number of halogens is 1. The molecule has 0 spiro atoms. The molecular weight excluding hydrogens is 91.1 g/mol. The summed E-state index contributed by atoms with van der Waals surface area (Å²) in [5.74, 6) is 0. The molecule has 0 unspecified atom stereocenters. The Labute approximate surface area is 44.0 Å². The number of rotatable bonds is 1. The smallest absolute Gasteiger partial charge is 0.123 e. The number of hydrogen-bond donors (Lipinski definition) is 0. The SMILES string of the molecule is [CH2]C=CC(C)(C)F. The van der Waals surface area contributed by atoms with Crippen molar-refractivity contribution in [2.24, 2.45) is 0 Å². The van der Waals surface area contributed by atoms with E-state index >= 15 is 0 Å². The molecule has 0 fully saturated rings. The third-order valence-electron chi connectivity index (χ3n) is 0.514. The Bertz CT molecular complexity index is 66.7. The average Bonchev–Trinajstić information content (AvgIpc) is 1.30. The summed E-state index contributed by atoms with van der Waals surface area (Å²) in [5.41, 5.74) is -1.19. The minimum Gasteiger partial charge on any atom is -0.240 e. The van der Waals surface area contributed by atoms with Crippen LogP contribution in [0.15, 0.2) is 12.2 Å². The molecule has 0 atom stereocenters. The zero-order valence-corrected chi connectivity index (χ0v) is 4.74. The predicted octanol–water partition coefficient (Wildman–Crippen LogP) is 2.12. The van der Waals surface area contributed by atoms with Crippen molar-refractivity contribution < 1.29 is 4.39 Å². The zero-order chi connectivity index (χ0) is 5.91. The molecule has 0 amide bonds. The summed E-state index contributed by atoms with van der Waals surface area (Å²) in [6, 6.07) is 0. The molecule has 0 aliphatic heterocycles. The molecule has 0 rings (SSSR count). The fourth-order valence-corrected chi connectivity index (χ4v) is 0.280. The van der Waals surface area contributed by atoms with E-state index < -0.39 is 5.67 Å². The van der Waals surface area contributed by atoms with Crippen LogP contribution in [0.4, 0.5) is 4.39 Å². The van der Waals surface area contributed by atoms with Crippen molar-refractivity contribution in [3.8, 4) is 0 Å². The molecule has 0 heterocycles. The van der Waals surface area contributed by atoms with Crippen molar-refractivity contribution in [1.82, 2.24) is 0 Å². The molecule has 0 aromatic rings. The lowest BCUT2D eigenvalue weighted by Gasteiger charge is -2.04. The van der Waals surface area contributed by atoms with Crippen LogP contribution >= 0.6 is 0 Å². The summed E-state index contributed by atoms with van der Waals surface area (Å²) in [4.78, 5) is 0. The van der Waals surface area contributed by atoms with E-state index in [1.165, 1.54) is 26.0 Å². The van der Waals surface area contributed by atoms with Crippen LogP contribution in [0, 0.1) is 6.92 Å². The van der Waals surface area contributed by atoms with Gasteiger partial charge in [-0.15, -0.1) is 0 Å². The van der Waals surface area contributed by atoms with Crippen molar-refractivity contribution in [1.29, 1.82) is 0 Å². The fraction of sp³-hybridized carbons (Fsp3) is 0.500. The van der Waals surface area contributed by atoms with Crippen molar-refractivity contribution in [3.05, 3.63) is 19.1 Å². The van der Waals surface area contributed by atoms with Crippen molar-refractivity contribution in [3.63, 3.8) is 0 Å². The van der Waals surface area contributed by atoms with Crippen LogP contribution in [0.1, 0.15) is 13.8 Å². The molecule has 0 N–H and O–H groups in total. The summed E-state index contributed by atoms with van der Waals surface area (Å²) in [6.45, 7) is 6.31. The molecule has 0 aliphatic rings. The van der Waals surface area contributed by atoms with E-state index in [2.05, 4.69) is 6.92 Å². The van der Waals surface area contributed by atoms with Crippen LogP contribution in [0.5, 0.6) is 0 Å². The first-order chi connectivity index (χ1) is 3.06. The molecule has 0 saturated carbocycles. The molecule has 1 radical (unpaired) electrons. The first kappa shape index (κ1) is 6.67. The van der Waals surface area contributed by atoms with E-state index in [1.54, 1.807) is 0 Å². The third kappa shape index (κ3) is 5.67. The van der Waals surface area contributed by atoms with Crippen LogP contribution in [0.2, 0.25) is 0 Å². The van der Waals surface area contributed by atoms with E-state index in [1.807, 2.05) is 0 Å². The number of allylic oxidation sites excluding steroid dienone is 2. The van der Waals surface area contributed by atoms with E-state index in [0.717, 1.165) is 0 Å². The molecule has 0 bridgehead atoms. The second-order valence-corrected chi connectivity index (χ2v) is 1.97. The monoisotopic (exact) mass is 101 g/mol. The van der Waals surface area contributed by atoms with Crippen molar-refractivity contribution in [2.75, 3.05) is 0 Å². The maximum Gasteiger partial charge on any atom is 0.123 e. The molecule has 7 heavy (non-hydrogen) atoms. The Kier molecular flexibility index (Phi) is 2.00. The Morgan fingerprint density at radius 3 is 2.00 bits per heavy atom. The third-order valence-corrected chi connectivity index (χ3v) is 0.514. The van der Waals surface area contributed by atoms with Gasteiger partial charge >= 0.3 is 0 Å². The van der Waals surface area contributed by atoms with E-state index in [-0.39, 0.29) is 0 Å². The van der Waals surface area contributed by atoms with Crippen LogP contribution in [0.25, 0.3) is 0 Å². The summed E-state index contributed by atoms with van der Waals surface area (Å²) >= 11 is 0. The van der Waals surface area contributed by atoms with Gasteiger partial charge in [0.05, 0.1) is 0 Å². The van der Waals surface area contributed by atoms with Gasteiger partial charge in [0.25, 0.3) is 0 Å². The Hall–Kier alpha value is -0.330. The minimum absolute atomic E-state index is 1.19. The zero-order valence-electron chi connectivity index (χ0n) is 4.74. The lowest BCUT2D eigenvalue weighted by atomic mass is 10.2. The summed E-state index contributed by atoms with van der Waals surface area (Å²) < 4.78 is 12.3. The van der Waals surface area contributed by atoms with Gasteiger partial charge in [-0.25, -0.2) is 4.39 Å². The number of alkyl halides is 1. The van der Waals surface area contributed by atoms with E-state index in [4.69, 9.17) is 0 Å². The van der Waals surface area contributed by atoms with Crippen LogP contribution < -0.4 is 0 Å². The van der Waals surface area contributed by atoms with Gasteiger partial charge in [-0.3, -0.25) is 0 Å². The van der Waals surface area contributed by atoms with Crippen molar-refractivity contribution >= 4 is 0 Å². The molecule has 0 aromatic carbocycles. The van der Waals surface area contributed by atoms with Crippen molar-refractivity contribution in [2.45, 2.75) is 19.5 Å². The average molecular weight is 101 g/mol. The highest BCUT2D eigenvalue weighted by atomic mass is 19.1. The van der Waals surface area contributed by atoms with Gasteiger partial charge in [0.1, 0.15) is 5.67 Å². The maximum absolute atomic E-state index is 12.3. The minimum atomic E-state index is -1.19. The van der Waals surface area contributed by atoms with Gasteiger partial charge in [-0.2, -0.15) is 0 Å². The van der Waals surface area contributed by atoms with E-state index in [0.29, 0.717) is 0 Å². The normalized spacial score (nSPS) is 13.1. The Morgan fingerprint density at radius 2 is 2.00 bits per heavy atom. The maximum atomic E-state index is 12.3. The van der Waals surface area contributed by atoms with Gasteiger partial charge in [-0.1, -0.05) is 12.2 Å². The van der Waals surface area contributed by atoms with Crippen LogP contribution in [-0.2, 0) is 0 Å². The van der Waals surface area contributed by atoms with Gasteiger partial charge in [0.15, 0.2) is 0 Å². The van der Waals surface area contributed by atoms with Gasteiger partial charge in [0, 0.05) is 0 Å². The Balaban J connectivity index is 3.56. The molecule has 0 aromatic heterocycles. The van der Waals surface area contributed by atoms with Crippen LogP contribution in [0.3, 0.4) is 0 Å². The molecule has 0 saturated heterocycles. The van der Waals surface area contributed by atoms with Crippen LogP contribution in [-0.4, -0.2) is 5.67 Å². The summed E-state index contributed by atoms with van der Waals surface area (Å²) in [6.07, 6.45) is 2.87. The lowest BCUT2D eigenvalue weighted by molar-refractivity contribution is 0.287. The molecule has 0 nitrogen and oxygen atoms in total. The quantitative estimate of drug-likeness (QED) is 0.474. The lowest BCUT2D eigenvalue weighted by Crippen LogP contribution is -2.05. The topological polar surface area (TPSA) is 0 Å². The molecular formula is C6H10F. The van der Waals surface area contributed by atoms with E-state index in [9.17, 15) is 4.39 Å². The number of hydrogen-bond acceptors (Lipinski definition) is 0. The van der Waals surface area contributed by atoms with Gasteiger partial charge in [0.2, 0.25) is 0 Å². The standard InChI is InChI=1S/C6H10F/c1-4-5-6(2,3)7/h4-5H,1H2,2-3H3. The van der Waals surface area contributed by atoms with Gasteiger partial charge < -0.3 is 0 Å². The molecule has 1 heteroatoms. The highest BCUT2D eigenvalue weighted by Gasteiger charge is 2.07. The Morgan fingerprint density at radius 1 is 1.57 bits per heavy atom. The first-order valence-electron chi connectivity index (χ1n) is 2.22. The molecule has 0 aliphatic carbocycles. The second kappa shape index (κ2) is 2.10. The van der Waals surface area contributed by atoms with Gasteiger partial charge in [-0.05, 0) is 20.8 Å². The largest absolute Gasteiger partial charge is 0.240 e. The predicted molar refractivity (Wildman–Crippen MR) is 29.7 cm³/mol. The highest BCUT2D eigenvalue weighted by Crippen LogP contribution is 2.08. The summed E-state index contributed by atoms with van der Waals surface area (Å²) in [7, 11) is 0. The highest BCUT2D eigenvalue weighted by molar-refractivity contribution is 4.96. The molecule has 41 valence electrons. The fourth-order valence-electron chi connectivity index (χ4n) is 0.280. The summed E-state index contributed by atoms with van der Waals surface area (Å²) in [5, 5.41) is 0. The first-order valence-corrected chi connectivity index (χ1v) is 2.22. The second-order valence-electron chi connectivity index (χ2n) is 1.97.